The van der Waals surface area contributed by atoms with Crippen molar-refractivity contribution in [2.24, 2.45) is 0 Å². The first-order valence-electron chi connectivity index (χ1n) is 11.2. The molecule has 1 unspecified atom stereocenters. The van der Waals surface area contributed by atoms with E-state index >= 15 is 0 Å². The van der Waals surface area contributed by atoms with E-state index in [-0.39, 0.29) is 5.91 Å². The summed E-state index contributed by atoms with van der Waals surface area (Å²) in [6.45, 7) is 9.79. The van der Waals surface area contributed by atoms with Gasteiger partial charge in [-0.3, -0.25) is 9.69 Å². The Labute approximate surface area is 183 Å². The number of unbranched alkanes of at least 4 members (excludes halogenated alkanes) is 1. The number of hydrogen-bond acceptors (Lipinski definition) is 5. The number of rotatable bonds is 11. The van der Waals surface area contributed by atoms with Gasteiger partial charge in [-0.25, -0.2) is 8.42 Å². The molecule has 170 valence electrons. The molecule has 7 heteroatoms. The highest BCUT2D eigenvalue weighted by molar-refractivity contribution is 7.90. The summed E-state index contributed by atoms with van der Waals surface area (Å²) in [5.41, 5.74) is 1.16. The quantitative estimate of drug-likeness (QED) is 0.498. The molecule has 0 saturated carbocycles. The summed E-state index contributed by atoms with van der Waals surface area (Å²) in [6.07, 6.45) is 6.42. The van der Waals surface area contributed by atoms with Crippen LogP contribution in [0, 0.1) is 0 Å². The van der Waals surface area contributed by atoms with E-state index in [0.717, 1.165) is 70.4 Å². The van der Waals surface area contributed by atoms with Crippen molar-refractivity contribution in [2.75, 3.05) is 52.6 Å². The second-order valence-corrected chi connectivity index (χ2v) is 10.7. The zero-order valence-electron chi connectivity index (χ0n) is 19.1. The van der Waals surface area contributed by atoms with Gasteiger partial charge in [0.15, 0.2) is 9.84 Å². The van der Waals surface area contributed by atoms with Gasteiger partial charge in [-0.1, -0.05) is 19.1 Å². The van der Waals surface area contributed by atoms with Gasteiger partial charge < -0.3 is 9.80 Å². The Kier molecular flexibility index (Phi) is 9.78. The Bertz CT molecular complexity index is 764. The number of hydrogen-bond donors (Lipinski definition) is 0. The molecule has 1 amide bonds. The van der Waals surface area contributed by atoms with Crippen LogP contribution in [0.1, 0.15) is 45.1 Å². The number of benzene rings is 1. The average molecular weight is 438 g/mol. The van der Waals surface area contributed by atoms with Gasteiger partial charge in [0, 0.05) is 31.9 Å². The van der Waals surface area contributed by atoms with E-state index in [1.807, 2.05) is 24.1 Å². The van der Waals surface area contributed by atoms with Crippen molar-refractivity contribution in [1.82, 2.24) is 14.7 Å². The van der Waals surface area contributed by atoms with E-state index < -0.39 is 9.84 Å². The second-order valence-electron chi connectivity index (χ2n) is 8.68. The summed E-state index contributed by atoms with van der Waals surface area (Å²) in [6, 6.07) is 7.66. The number of sulfone groups is 1. The Hall–Kier alpha value is -1.44. The van der Waals surface area contributed by atoms with Crippen molar-refractivity contribution < 1.29 is 13.2 Å². The van der Waals surface area contributed by atoms with Crippen LogP contribution < -0.4 is 0 Å². The molecule has 1 aromatic rings. The molecule has 1 aromatic carbocycles. The molecule has 6 nitrogen and oxygen atoms in total. The largest absolute Gasteiger partial charge is 0.342 e. The first-order valence-corrected chi connectivity index (χ1v) is 13.1. The molecule has 1 heterocycles. The topological polar surface area (TPSA) is 60.9 Å². The van der Waals surface area contributed by atoms with E-state index in [1.165, 1.54) is 6.26 Å². The van der Waals surface area contributed by atoms with E-state index in [2.05, 4.69) is 23.6 Å². The van der Waals surface area contributed by atoms with Gasteiger partial charge in [0.05, 0.1) is 11.4 Å². The molecule has 1 aliphatic heterocycles. The monoisotopic (exact) mass is 437 g/mol. The summed E-state index contributed by atoms with van der Waals surface area (Å²) < 4.78 is 23.3. The predicted octanol–water partition coefficient (Wildman–Crippen LogP) is 2.68. The fraction of sp³-hybridized carbons (Fsp3) is 0.696. The van der Waals surface area contributed by atoms with Crippen LogP contribution in [0.2, 0.25) is 0 Å². The summed E-state index contributed by atoms with van der Waals surface area (Å²) in [5.74, 6) is 0.256. The first kappa shape index (κ1) is 24.8. The molecule has 1 fully saturated rings. The lowest BCUT2D eigenvalue weighted by atomic mass is 10.1. The zero-order valence-corrected chi connectivity index (χ0v) is 20.0. The Morgan fingerprint density at radius 2 is 1.80 bits per heavy atom. The summed E-state index contributed by atoms with van der Waals surface area (Å²) in [7, 11) is -1.13. The molecular formula is C23H39N3O3S. The van der Waals surface area contributed by atoms with Crippen molar-refractivity contribution in [1.29, 1.82) is 0 Å². The molecule has 0 radical (unpaired) electrons. The molecule has 0 aromatic heterocycles. The minimum absolute atomic E-state index is 0.256. The van der Waals surface area contributed by atoms with E-state index in [1.54, 1.807) is 12.1 Å². The molecule has 0 aliphatic carbocycles. The highest BCUT2D eigenvalue weighted by Crippen LogP contribution is 2.15. The number of carbonyl (C=O) groups excluding carboxylic acids is 1. The molecule has 0 N–H and O–H groups in total. The molecule has 1 atom stereocenters. The highest BCUT2D eigenvalue weighted by atomic mass is 32.2. The van der Waals surface area contributed by atoms with E-state index in [0.29, 0.717) is 17.5 Å². The van der Waals surface area contributed by atoms with Crippen LogP contribution in [0.5, 0.6) is 0 Å². The van der Waals surface area contributed by atoms with Gasteiger partial charge >= 0.3 is 0 Å². The molecule has 1 saturated heterocycles. The third-order valence-corrected chi connectivity index (χ3v) is 6.99. The number of amides is 1. The summed E-state index contributed by atoms with van der Waals surface area (Å²) in [4.78, 5) is 19.3. The zero-order chi connectivity index (χ0) is 22.1. The summed E-state index contributed by atoms with van der Waals surface area (Å²) in [5, 5.41) is 0. The van der Waals surface area contributed by atoms with Gasteiger partial charge in [0.1, 0.15) is 0 Å². The number of nitrogens with zero attached hydrogens (tertiary/aromatic N) is 3. The maximum absolute atomic E-state index is 12.3. The fourth-order valence-corrected chi connectivity index (χ4v) is 4.73. The van der Waals surface area contributed by atoms with E-state index in [4.69, 9.17) is 0 Å². The lowest BCUT2D eigenvalue weighted by Gasteiger charge is -2.29. The van der Waals surface area contributed by atoms with Crippen LogP contribution in [0.3, 0.4) is 0 Å². The van der Waals surface area contributed by atoms with Gasteiger partial charge in [-0.15, -0.1) is 0 Å². The van der Waals surface area contributed by atoms with Gasteiger partial charge in [-0.05, 0) is 76.9 Å². The standard InChI is InChI=1S/C23H39N3O3S/c1-5-13-25(15-6-7-16-26-17-8-14-24(3)19-23(26)27)20(2)18-21-9-11-22(12-10-21)30(4,28)29/h9-12,20H,5-8,13-19H2,1-4H3. The van der Waals surface area contributed by atoms with Crippen LogP contribution in [0.4, 0.5) is 0 Å². The van der Waals surface area contributed by atoms with Gasteiger partial charge in [0.2, 0.25) is 5.91 Å². The van der Waals surface area contributed by atoms with Crippen LogP contribution in [-0.4, -0.2) is 87.6 Å². The normalized spacial score (nSPS) is 17.4. The van der Waals surface area contributed by atoms with Crippen molar-refractivity contribution in [2.45, 2.75) is 56.9 Å². The second kappa shape index (κ2) is 11.8. The van der Waals surface area contributed by atoms with Crippen molar-refractivity contribution in [3.8, 4) is 0 Å². The SMILES string of the molecule is CCCN(CCCCN1CCCN(C)CC1=O)C(C)Cc1ccc(S(C)(=O)=O)cc1. The lowest BCUT2D eigenvalue weighted by molar-refractivity contribution is -0.131. The molecule has 0 bridgehead atoms. The summed E-state index contributed by atoms with van der Waals surface area (Å²) >= 11 is 0. The highest BCUT2D eigenvalue weighted by Gasteiger charge is 2.19. The maximum Gasteiger partial charge on any atom is 0.236 e. The Morgan fingerprint density at radius 3 is 2.43 bits per heavy atom. The van der Waals surface area contributed by atoms with Crippen molar-refractivity contribution in [3.63, 3.8) is 0 Å². The van der Waals surface area contributed by atoms with Gasteiger partial charge in [0.25, 0.3) is 0 Å². The van der Waals surface area contributed by atoms with Crippen molar-refractivity contribution >= 4 is 15.7 Å². The molecule has 1 aliphatic rings. The third kappa shape index (κ3) is 8.00. The average Bonchev–Trinajstić information content (AvgIpc) is 2.83. The van der Waals surface area contributed by atoms with Crippen LogP contribution in [0.15, 0.2) is 29.2 Å². The smallest absolute Gasteiger partial charge is 0.236 e. The minimum atomic E-state index is -3.15. The lowest BCUT2D eigenvalue weighted by Crippen LogP contribution is -2.38. The maximum atomic E-state index is 12.3. The molecule has 2 rings (SSSR count). The minimum Gasteiger partial charge on any atom is -0.342 e. The van der Waals surface area contributed by atoms with E-state index in [9.17, 15) is 13.2 Å². The fourth-order valence-electron chi connectivity index (χ4n) is 4.10. The Morgan fingerprint density at radius 1 is 1.10 bits per heavy atom. The van der Waals surface area contributed by atoms with Crippen LogP contribution >= 0.6 is 0 Å². The van der Waals surface area contributed by atoms with Crippen molar-refractivity contribution in [3.05, 3.63) is 29.8 Å². The molecule has 0 spiro atoms. The number of carbonyl (C=O) groups is 1. The first-order chi connectivity index (χ1) is 14.2. The van der Waals surface area contributed by atoms with Gasteiger partial charge in [-0.2, -0.15) is 0 Å². The Balaban J connectivity index is 1.82. The van der Waals surface area contributed by atoms with Crippen LogP contribution in [-0.2, 0) is 21.1 Å². The predicted molar refractivity (Wildman–Crippen MR) is 123 cm³/mol. The van der Waals surface area contributed by atoms with Crippen LogP contribution in [0.25, 0.3) is 0 Å². The number of likely N-dealkylation sites (N-methyl/N-ethyl adjacent to an activating group) is 1. The molecule has 30 heavy (non-hydrogen) atoms. The molecular weight excluding hydrogens is 398 g/mol. The third-order valence-electron chi connectivity index (χ3n) is 5.87.